The number of para-hydroxylation sites is 1. The summed E-state index contributed by atoms with van der Waals surface area (Å²) in [4.78, 5) is 3.31. The Labute approximate surface area is 114 Å². The van der Waals surface area contributed by atoms with Gasteiger partial charge in [-0.05, 0) is 6.07 Å². The molecule has 0 saturated carbocycles. The minimum atomic E-state index is 0.187. The fraction of sp³-hybridized carbons (Fsp3) is 0.231. The van der Waals surface area contributed by atoms with E-state index in [1.807, 2.05) is 10.7 Å². The van der Waals surface area contributed by atoms with Crippen molar-refractivity contribution in [3.05, 3.63) is 41.9 Å². The number of hydrogen-bond acceptors (Lipinski definition) is 4. The molecule has 96 valence electrons. The van der Waals surface area contributed by atoms with Crippen molar-refractivity contribution in [3.63, 3.8) is 0 Å². The number of aryl methyl sites for hydroxylation is 1. The molecule has 4 rings (SSSR count). The van der Waals surface area contributed by atoms with Crippen molar-refractivity contribution in [1.29, 1.82) is 0 Å². The van der Waals surface area contributed by atoms with E-state index in [-0.39, 0.29) is 5.37 Å². The summed E-state index contributed by atoms with van der Waals surface area (Å²) in [6, 6.07) is 8.35. The lowest BCUT2D eigenvalue weighted by atomic mass is 10.2. The molecule has 0 aliphatic carbocycles. The highest BCUT2D eigenvalue weighted by Gasteiger charge is 2.28. The van der Waals surface area contributed by atoms with Crippen LogP contribution in [0.5, 0.6) is 0 Å². The zero-order chi connectivity index (χ0) is 12.8. The first-order chi connectivity index (χ1) is 9.36. The lowest BCUT2D eigenvalue weighted by Crippen LogP contribution is -2.14. The number of fused-ring (bicyclic) bond motifs is 2. The molecule has 1 aliphatic rings. The van der Waals surface area contributed by atoms with Gasteiger partial charge in [-0.1, -0.05) is 36.9 Å². The molecule has 0 bridgehead atoms. The summed E-state index contributed by atoms with van der Waals surface area (Å²) in [5, 5.41) is 10.7. The highest BCUT2D eigenvalue weighted by molar-refractivity contribution is 7.99. The number of aromatic nitrogens is 4. The van der Waals surface area contributed by atoms with Crippen molar-refractivity contribution < 1.29 is 0 Å². The average Bonchev–Trinajstić information content (AvgIpc) is 3.10. The van der Waals surface area contributed by atoms with Crippen LogP contribution in [0.3, 0.4) is 0 Å². The largest absolute Gasteiger partial charge is 0.361 e. The Hall–Kier alpha value is -1.95. The van der Waals surface area contributed by atoms with Gasteiger partial charge in [0.15, 0.2) is 5.82 Å². The summed E-state index contributed by atoms with van der Waals surface area (Å²) < 4.78 is 2.00. The third-order valence-electron chi connectivity index (χ3n) is 3.39. The third-order valence-corrected chi connectivity index (χ3v) is 4.46. The predicted molar refractivity (Wildman–Crippen MR) is 75.7 cm³/mol. The van der Waals surface area contributed by atoms with E-state index in [0.29, 0.717) is 0 Å². The monoisotopic (exact) mass is 271 g/mol. The van der Waals surface area contributed by atoms with Gasteiger partial charge in [0.25, 0.3) is 0 Å². The number of thioether (sulfide) groups is 1. The van der Waals surface area contributed by atoms with Crippen molar-refractivity contribution >= 4 is 22.7 Å². The maximum atomic E-state index is 4.21. The van der Waals surface area contributed by atoms with E-state index >= 15 is 0 Å². The van der Waals surface area contributed by atoms with Gasteiger partial charge in [-0.25, -0.2) is 4.68 Å². The van der Waals surface area contributed by atoms with Crippen LogP contribution in [0.2, 0.25) is 0 Å². The van der Waals surface area contributed by atoms with E-state index < -0.39 is 0 Å². The second kappa shape index (κ2) is 4.03. The minimum Gasteiger partial charge on any atom is -0.361 e. The zero-order valence-corrected chi connectivity index (χ0v) is 11.2. The number of nitrogens with one attached hydrogen (secondary N) is 2. The van der Waals surface area contributed by atoms with E-state index in [1.54, 1.807) is 11.8 Å². The molecule has 19 heavy (non-hydrogen) atoms. The molecule has 0 radical (unpaired) electrons. The van der Waals surface area contributed by atoms with Crippen molar-refractivity contribution in [2.75, 3.05) is 5.43 Å². The van der Waals surface area contributed by atoms with Gasteiger partial charge in [-0.2, -0.15) is 0 Å². The molecule has 1 unspecified atom stereocenters. The molecule has 1 atom stereocenters. The van der Waals surface area contributed by atoms with Crippen LogP contribution >= 0.6 is 11.8 Å². The Balaban J connectivity index is 1.74. The van der Waals surface area contributed by atoms with E-state index in [9.17, 15) is 0 Å². The number of hydrogen-bond donors (Lipinski definition) is 2. The fourth-order valence-electron chi connectivity index (χ4n) is 2.43. The summed E-state index contributed by atoms with van der Waals surface area (Å²) in [6.07, 6.45) is 2.95. The summed E-state index contributed by atoms with van der Waals surface area (Å²) >= 11 is 1.70. The van der Waals surface area contributed by atoms with Crippen LogP contribution in [0.15, 0.2) is 35.6 Å². The van der Waals surface area contributed by atoms with E-state index in [0.717, 1.165) is 17.4 Å². The number of nitrogens with zero attached hydrogens (tertiary/aromatic N) is 3. The first-order valence-corrected chi connectivity index (χ1v) is 7.18. The molecular weight excluding hydrogens is 258 g/mol. The van der Waals surface area contributed by atoms with Crippen LogP contribution in [-0.2, 0) is 6.42 Å². The SMILES string of the molecule is CCc1nnc2n1NC(c1c[nH]c3ccccc13)S2. The van der Waals surface area contributed by atoms with Gasteiger partial charge in [-0.3, -0.25) is 0 Å². The Morgan fingerprint density at radius 1 is 1.32 bits per heavy atom. The van der Waals surface area contributed by atoms with Gasteiger partial charge in [0.05, 0.1) is 0 Å². The van der Waals surface area contributed by atoms with Crippen LogP contribution in [0, 0.1) is 0 Å². The molecule has 1 aromatic carbocycles. The normalized spacial score (nSPS) is 17.6. The number of rotatable bonds is 2. The highest BCUT2D eigenvalue weighted by Crippen LogP contribution is 2.40. The van der Waals surface area contributed by atoms with E-state index in [4.69, 9.17) is 0 Å². The van der Waals surface area contributed by atoms with Gasteiger partial charge in [0, 0.05) is 29.1 Å². The lowest BCUT2D eigenvalue weighted by molar-refractivity contribution is 0.741. The molecule has 3 heterocycles. The van der Waals surface area contributed by atoms with Crippen molar-refractivity contribution in [2.45, 2.75) is 23.9 Å². The first kappa shape index (κ1) is 10.9. The van der Waals surface area contributed by atoms with Crippen LogP contribution in [0.4, 0.5) is 0 Å². The van der Waals surface area contributed by atoms with Crippen LogP contribution in [0.25, 0.3) is 10.9 Å². The maximum Gasteiger partial charge on any atom is 0.212 e. The van der Waals surface area contributed by atoms with Gasteiger partial charge >= 0.3 is 0 Å². The Morgan fingerprint density at radius 3 is 3.11 bits per heavy atom. The van der Waals surface area contributed by atoms with Crippen LogP contribution in [-0.4, -0.2) is 19.9 Å². The summed E-state index contributed by atoms with van der Waals surface area (Å²) in [5.41, 5.74) is 5.89. The predicted octanol–water partition coefficient (Wildman–Crippen LogP) is 2.67. The lowest BCUT2D eigenvalue weighted by Gasteiger charge is -2.10. The fourth-order valence-corrected chi connectivity index (χ4v) is 3.47. The number of benzene rings is 1. The van der Waals surface area contributed by atoms with Gasteiger partial charge in [0.1, 0.15) is 5.37 Å². The summed E-state index contributed by atoms with van der Waals surface area (Å²) in [7, 11) is 0. The highest BCUT2D eigenvalue weighted by atomic mass is 32.2. The van der Waals surface area contributed by atoms with Crippen molar-refractivity contribution in [2.24, 2.45) is 0 Å². The van der Waals surface area contributed by atoms with Crippen LogP contribution in [0.1, 0.15) is 23.7 Å². The smallest absolute Gasteiger partial charge is 0.212 e. The van der Waals surface area contributed by atoms with Gasteiger partial charge in [0.2, 0.25) is 5.16 Å². The Bertz CT molecular complexity index is 744. The summed E-state index contributed by atoms with van der Waals surface area (Å²) in [5.74, 6) is 0.977. The van der Waals surface area contributed by atoms with Crippen LogP contribution < -0.4 is 5.43 Å². The molecular formula is C13H13N5S. The summed E-state index contributed by atoms with van der Waals surface area (Å²) in [6.45, 7) is 2.09. The molecule has 2 aromatic heterocycles. The zero-order valence-electron chi connectivity index (χ0n) is 10.4. The quantitative estimate of drug-likeness (QED) is 0.752. The Morgan fingerprint density at radius 2 is 2.21 bits per heavy atom. The molecule has 0 amide bonds. The molecule has 5 nitrogen and oxygen atoms in total. The minimum absolute atomic E-state index is 0.187. The Kier molecular flexibility index (Phi) is 2.32. The molecule has 3 aromatic rings. The topological polar surface area (TPSA) is 58.5 Å². The van der Waals surface area contributed by atoms with Gasteiger partial charge in [-0.15, -0.1) is 10.2 Å². The maximum absolute atomic E-state index is 4.21. The number of H-pyrrole nitrogens is 1. The van der Waals surface area contributed by atoms with E-state index in [1.165, 1.54) is 16.5 Å². The standard InChI is InChI=1S/C13H13N5S/c1-2-11-15-16-13-18(11)17-12(19-13)9-7-14-10-6-4-3-5-8(9)10/h3-7,12,14,17H,2H2,1H3. The second-order valence-electron chi connectivity index (χ2n) is 4.50. The van der Waals surface area contributed by atoms with Gasteiger partial charge < -0.3 is 10.4 Å². The molecule has 2 N–H and O–H groups in total. The number of aromatic amines is 1. The first-order valence-electron chi connectivity index (χ1n) is 6.30. The average molecular weight is 271 g/mol. The molecule has 0 fully saturated rings. The van der Waals surface area contributed by atoms with Crippen molar-refractivity contribution in [1.82, 2.24) is 19.9 Å². The molecule has 6 heteroatoms. The molecule has 1 aliphatic heterocycles. The second-order valence-corrected chi connectivity index (χ2v) is 5.58. The third kappa shape index (κ3) is 1.56. The molecule has 0 saturated heterocycles. The van der Waals surface area contributed by atoms with Crippen molar-refractivity contribution in [3.8, 4) is 0 Å². The molecule has 0 spiro atoms. The van der Waals surface area contributed by atoms with E-state index in [2.05, 4.69) is 51.9 Å².